The maximum atomic E-state index is 12.5. The van der Waals surface area contributed by atoms with Crippen LogP contribution in [0.4, 0.5) is 14.5 Å². The third-order valence-corrected chi connectivity index (χ3v) is 4.28. The summed E-state index contributed by atoms with van der Waals surface area (Å²) >= 11 is 0. The fourth-order valence-electron chi connectivity index (χ4n) is 3.12. The van der Waals surface area contributed by atoms with Gasteiger partial charge in [-0.2, -0.15) is 8.78 Å². The van der Waals surface area contributed by atoms with Crippen molar-refractivity contribution in [3.8, 4) is 11.5 Å². The Kier molecular flexibility index (Phi) is 8.09. The number of halogens is 2. The predicted molar refractivity (Wildman–Crippen MR) is 99.6 cm³/mol. The van der Waals surface area contributed by atoms with E-state index in [-0.39, 0.29) is 24.0 Å². The lowest BCUT2D eigenvalue weighted by atomic mass is 10.1. The summed E-state index contributed by atoms with van der Waals surface area (Å²) in [5.74, 6) is -0.973. The quantitative estimate of drug-likeness (QED) is 0.486. The summed E-state index contributed by atoms with van der Waals surface area (Å²) in [7, 11) is 1.18. The van der Waals surface area contributed by atoms with Crippen LogP contribution >= 0.6 is 0 Å². The lowest BCUT2D eigenvalue weighted by Gasteiger charge is -2.33. The number of nitro groups is 1. The molecule has 1 fully saturated rings. The van der Waals surface area contributed by atoms with Gasteiger partial charge >= 0.3 is 6.61 Å². The first-order valence-electron chi connectivity index (χ1n) is 9.14. The minimum Gasteiger partial charge on any atom is -0.493 e. The molecule has 2 rings (SSSR count). The molecule has 1 aromatic carbocycles. The van der Waals surface area contributed by atoms with Crippen molar-refractivity contribution in [1.29, 1.82) is 0 Å². The molecule has 0 aromatic heterocycles. The van der Waals surface area contributed by atoms with Gasteiger partial charge in [0, 0.05) is 32.2 Å². The zero-order valence-corrected chi connectivity index (χ0v) is 16.5. The van der Waals surface area contributed by atoms with Gasteiger partial charge in [-0.15, -0.1) is 0 Å². The van der Waals surface area contributed by atoms with Crippen LogP contribution in [0.25, 0.3) is 0 Å². The largest absolute Gasteiger partial charge is 0.493 e. The molecule has 1 saturated heterocycles. The molecule has 1 atom stereocenters. The van der Waals surface area contributed by atoms with E-state index in [4.69, 9.17) is 9.47 Å². The van der Waals surface area contributed by atoms with E-state index in [1.54, 1.807) is 0 Å². The lowest BCUT2D eigenvalue weighted by molar-refractivity contribution is -0.385. The number of alkyl halides is 2. The Balaban J connectivity index is 2.12. The van der Waals surface area contributed by atoms with Crippen molar-refractivity contribution in [3.05, 3.63) is 27.8 Å². The van der Waals surface area contributed by atoms with Crippen molar-refractivity contribution in [2.45, 2.75) is 26.6 Å². The van der Waals surface area contributed by atoms with Crippen LogP contribution in [-0.4, -0.2) is 68.3 Å². The van der Waals surface area contributed by atoms with Crippen LogP contribution in [-0.2, 0) is 4.74 Å². The summed E-state index contributed by atoms with van der Waals surface area (Å²) in [6.45, 7) is 4.05. The zero-order valence-electron chi connectivity index (χ0n) is 16.5. The van der Waals surface area contributed by atoms with Crippen LogP contribution in [0.5, 0.6) is 11.5 Å². The molecule has 1 aromatic rings. The van der Waals surface area contributed by atoms with E-state index in [0.29, 0.717) is 19.1 Å². The normalized spacial score (nSPS) is 17.4. The number of nitrogens with one attached hydrogen (secondary N) is 1. The average molecular weight is 417 g/mol. The fourth-order valence-corrected chi connectivity index (χ4v) is 3.12. The number of amides is 1. The van der Waals surface area contributed by atoms with Crippen LogP contribution in [0.2, 0.25) is 0 Å². The number of ether oxygens (including phenoxy) is 3. The van der Waals surface area contributed by atoms with E-state index in [1.165, 1.54) is 7.11 Å². The number of hydrogen-bond acceptors (Lipinski definition) is 7. The second-order valence-electron chi connectivity index (χ2n) is 7.01. The van der Waals surface area contributed by atoms with Gasteiger partial charge < -0.3 is 19.5 Å². The van der Waals surface area contributed by atoms with Gasteiger partial charge in [-0.3, -0.25) is 19.8 Å². The molecular weight excluding hydrogens is 392 g/mol. The molecule has 162 valence electrons. The molecule has 29 heavy (non-hydrogen) atoms. The molecule has 0 bridgehead atoms. The highest BCUT2D eigenvalue weighted by molar-refractivity contribution is 5.99. The topological polar surface area (TPSA) is 103 Å². The smallest absolute Gasteiger partial charge is 0.387 e. The molecule has 11 heteroatoms. The number of nitro benzene ring substituents is 1. The molecule has 0 aliphatic carbocycles. The highest BCUT2D eigenvalue weighted by Crippen LogP contribution is 2.35. The molecular formula is C18H25F2N3O6. The molecule has 1 N–H and O–H groups in total. The van der Waals surface area contributed by atoms with E-state index in [0.717, 1.165) is 25.2 Å². The highest BCUT2D eigenvalue weighted by atomic mass is 19.3. The lowest BCUT2D eigenvalue weighted by Crippen LogP contribution is -2.48. The second kappa shape index (κ2) is 10.3. The van der Waals surface area contributed by atoms with Crippen molar-refractivity contribution in [2.24, 2.45) is 5.92 Å². The van der Waals surface area contributed by atoms with Crippen LogP contribution < -0.4 is 14.8 Å². The number of benzene rings is 1. The number of carbonyl (C=O) groups is 1. The molecule has 1 heterocycles. The van der Waals surface area contributed by atoms with Gasteiger partial charge in [-0.05, 0) is 5.92 Å². The van der Waals surface area contributed by atoms with Crippen molar-refractivity contribution < 1.29 is 32.7 Å². The van der Waals surface area contributed by atoms with E-state index in [9.17, 15) is 23.7 Å². The minimum absolute atomic E-state index is 0.155. The molecule has 1 aliphatic heterocycles. The van der Waals surface area contributed by atoms with Crippen molar-refractivity contribution in [1.82, 2.24) is 10.2 Å². The van der Waals surface area contributed by atoms with Gasteiger partial charge in [-0.25, -0.2) is 0 Å². The number of carbonyl (C=O) groups excluding carboxylic acids is 1. The summed E-state index contributed by atoms with van der Waals surface area (Å²) in [6, 6.07) is 1.76. The van der Waals surface area contributed by atoms with Crippen LogP contribution in [0.3, 0.4) is 0 Å². The van der Waals surface area contributed by atoms with Gasteiger partial charge in [0.1, 0.15) is 5.56 Å². The Bertz CT molecular complexity index is 732. The Morgan fingerprint density at radius 2 is 2.14 bits per heavy atom. The number of morpholine rings is 1. The SMILES string of the molecule is COc1cc(C(=O)NCC2CN(CC(C)C)CCO2)c([N+](=O)[O-])cc1OC(F)F. The van der Waals surface area contributed by atoms with Crippen molar-refractivity contribution in [2.75, 3.05) is 39.9 Å². The van der Waals surface area contributed by atoms with E-state index < -0.39 is 28.9 Å². The van der Waals surface area contributed by atoms with E-state index in [1.807, 2.05) is 0 Å². The minimum atomic E-state index is -3.19. The van der Waals surface area contributed by atoms with Gasteiger partial charge in [0.05, 0.1) is 30.8 Å². The predicted octanol–water partition coefficient (Wildman–Crippen LogP) is 2.29. The van der Waals surface area contributed by atoms with Crippen molar-refractivity contribution in [3.63, 3.8) is 0 Å². The standard InChI is InChI=1S/C18H25F2N3O6/c1-11(2)9-22-4-5-28-12(10-22)8-21-17(24)13-6-15(27-3)16(29-18(19)20)7-14(13)23(25)26/h6-7,11-12,18H,4-5,8-10H2,1-3H3,(H,21,24). The maximum Gasteiger partial charge on any atom is 0.387 e. The third-order valence-electron chi connectivity index (χ3n) is 4.28. The summed E-state index contributed by atoms with van der Waals surface area (Å²) in [5.41, 5.74) is -0.978. The molecule has 1 amide bonds. The van der Waals surface area contributed by atoms with Crippen LogP contribution in [0.1, 0.15) is 24.2 Å². The summed E-state index contributed by atoms with van der Waals surface area (Å²) in [5, 5.41) is 13.9. The van der Waals surface area contributed by atoms with Crippen molar-refractivity contribution >= 4 is 11.6 Å². The molecule has 9 nitrogen and oxygen atoms in total. The highest BCUT2D eigenvalue weighted by Gasteiger charge is 2.27. The Hall–Kier alpha value is -2.53. The maximum absolute atomic E-state index is 12.5. The molecule has 1 aliphatic rings. The number of rotatable bonds is 9. The van der Waals surface area contributed by atoms with E-state index >= 15 is 0 Å². The first-order chi connectivity index (χ1) is 13.7. The van der Waals surface area contributed by atoms with Gasteiger partial charge in [0.2, 0.25) is 0 Å². The summed E-state index contributed by atoms with van der Waals surface area (Å²) in [4.78, 5) is 25.3. The third kappa shape index (κ3) is 6.50. The summed E-state index contributed by atoms with van der Waals surface area (Å²) in [6.07, 6.45) is -0.256. The molecule has 0 saturated carbocycles. The molecule has 0 spiro atoms. The first-order valence-corrected chi connectivity index (χ1v) is 9.14. The van der Waals surface area contributed by atoms with Crippen LogP contribution in [0.15, 0.2) is 12.1 Å². The Morgan fingerprint density at radius 3 is 2.72 bits per heavy atom. The van der Waals surface area contributed by atoms with E-state index in [2.05, 4.69) is 28.8 Å². The van der Waals surface area contributed by atoms with Gasteiger partial charge in [0.25, 0.3) is 11.6 Å². The Morgan fingerprint density at radius 1 is 1.41 bits per heavy atom. The summed E-state index contributed by atoms with van der Waals surface area (Å²) < 4.78 is 39.9. The molecule has 0 radical (unpaired) electrons. The number of nitrogens with zero attached hydrogens (tertiary/aromatic N) is 2. The Labute approximate surface area is 167 Å². The number of hydrogen-bond donors (Lipinski definition) is 1. The van der Waals surface area contributed by atoms with Gasteiger partial charge in [-0.1, -0.05) is 13.8 Å². The van der Waals surface area contributed by atoms with Crippen LogP contribution in [0, 0.1) is 16.0 Å². The van der Waals surface area contributed by atoms with Gasteiger partial charge in [0.15, 0.2) is 11.5 Å². The molecule has 1 unspecified atom stereocenters. The zero-order chi connectivity index (χ0) is 21.6. The number of methoxy groups -OCH3 is 1. The second-order valence-corrected chi connectivity index (χ2v) is 7.01. The fraction of sp³-hybridized carbons (Fsp3) is 0.611. The first kappa shape index (κ1) is 22.8. The average Bonchev–Trinajstić information content (AvgIpc) is 2.65. The monoisotopic (exact) mass is 417 g/mol.